The lowest BCUT2D eigenvalue weighted by Gasteiger charge is -2.04. The molecule has 0 fully saturated rings. The Morgan fingerprint density at radius 1 is 1.25 bits per heavy atom. The van der Waals surface area contributed by atoms with Crippen LogP contribution in [0.25, 0.3) is 0 Å². The number of hydrogen-bond acceptors (Lipinski definition) is 1. The van der Waals surface area contributed by atoms with Crippen LogP contribution in [-0.4, -0.2) is 10.8 Å². The van der Waals surface area contributed by atoms with Crippen molar-refractivity contribution in [1.82, 2.24) is 4.98 Å². The summed E-state index contributed by atoms with van der Waals surface area (Å²) in [5, 5.41) is 0. The van der Waals surface area contributed by atoms with Crippen LogP contribution in [0.15, 0.2) is 30.5 Å². The molecule has 2 rings (SSSR count). The van der Waals surface area contributed by atoms with Crippen molar-refractivity contribution < 1.29 is 13.6 Å². The van der Waals surface area contributed by atoms with E-state index >= 15 is 0 Å². The monoisotopic (exact) mass is 221 g/mol. The summed E-state index contributed by atoms with van der Waals surface area (Å²) < 4.78 is 27.0. The van der Waals surface area contributed by atoms with Gasteiger partial charge in [0.1, 0.15) is 11.6 Å². The number of carbonyl (C=O) groups excluding carboxylic acids is 1. The largest absolute Gasteiger partial charge is 0.359 e. The van der Waals surface area contributed by atoms with Crippen molar-refractivity contribution in [2.45, 2.75) is 6.92 Å². The Morgan fingerprint density at radius 3 is 2.62 bits per heavy atom. The van der Waals surface area contributed by atoms with Crippen LogP contribution in [-0.2, 0) is 0 Å². The van der Waals surface area contributed by atoms with E-state index in [2.05, 4.69) is 4.98 Å². The van der Waals surface area contributed by atoms with Gasteiger partial charge in [-0.1, -0.05) is 6.07 Å². The minimum Gasteiger partial charge on any atom is -0.359 e. The molecule has 0 saturated heterocycles. The van der Waals surface area contributed by atoms with Crippen LogP contribution < -0.4 is 0 Å². The van der Waals surface area contributed by atoms with Gasteiger partial charge in [0.05, 0.1) is 11.3 Å². The molecule has 0 aliphatic carbocycles. The normalized spacial score (nSPS) is 10.4. The topological polar surface area (TPSA) is 32.9 Å². The fourth-order valence-electron chi connectivity index (χ4n) is 1.47. The third-order valence-corrected chi connectivity index (χ3v) is 2.35. The zero-order valence-corrected chi connectivity index (χ0v) is 8.55. The quantitative estimate of drug-likeness (QED) is 0.777. The summed E-state index contributed by atoms with van der Waals surface area (Å²) in [5.41, 5.74) is -0.0952. The molecule has 0 spiro atoms. The summed E-state index contributed by atoms with van der Waals surface area (Å²) in [4.78, 5) is 14.4. The van der Waals surface area contributed by atoms with E-state index in [9.17, 15) is 13.6 Å². The molecule has 16 heavy (non-hydrogen) atoms. The zero-order chi connectivity index (χ0) is 11.7. The molecule has 1 aromatic carbocycles. The fraction of sp³-hybridized carbons (Fsp3) is 0.0833. The number of ketones is 1. The number of aromatic amines is 1. The number of carbonyl (C=O) groups is 1. The maximum Gasteiger partial charge on any atom is 0.215 e. The highest BCUT2D eigenvalue weighted by Gasteiger charge is 2.20. The number of H-pyrrole nitrogens is 1. The lowest BCUT2D eigenvalue weighted by molar-refractivity contribution is 0.102. The molecule has 0 bridgehead atoms. The first-order valence-electron chi connectivity index (χ1n) is 4.74. The molecule has 1 aromatic heterocycles. The Kier molecular flexibility index (Phi) is 2.56. The van der Waals surface area contributed by atoms with E-state index in [1.807, 2.05) is 0 Å². The molecule has 4 heteroatoms. The van der Waals surface area contributed by atoms with Crippen LogP contribution in [0, 0.1) is 18.6 Å². The number of nitrogens with one attached hydrogen (secondary N) is 1. The van der Waals surface area contributed by atoms with Crippen LogP contribution in [0.2, 0.25) is 0 Å². The highest BCUT2D eigenvalue weighted by atomic mass is 19.1. The molecule has 0 aliphatic heterocycles. The summed E-state index contributed by atoms with van der Waals surface area (Å²) in [6, 6.07) is 5.47. The molecule has 1 N–H and O–H groups in total. The summed E-state index contributed by atoms with van der Waals surface area (Å²) >= 11 is 0. The predicted octanol–water partition coefficient (Wildman–Crippen LogP) is 2.83. The van der Waals surface area contributed by atoms with Crippen LogP contribution in [0.3, 0.4) is 0 Å². The van der Waals surface area contributed by atoms with Gasteiger partial charge < -0.3 is 4.98 Å². The van der Waals surface area contributed by atoms with Crippen molar-refractivity contribution in [2.75, 3.05) is 0 Å². The molecule has 0 atom stereocenters. The minimum absolute atomic E-state index is 0.170. The standard InChI is InChI=1S/C12H9F2NO/c1-7-4-5-8(13)10(11(7)14)12(16)9-3-2-6-15-9/h2-6,15H,1H3. The molecule has 0 radical (unpaired) electrons. The van der Waals surface area contributed by atoms with Gasteiger partial charge in [-0.2, -0.15) is 0 Å². The Hall–Kier alpha value is -1.97. The average molecular weight is 221 g/mol. The van der Waals surface area contributed by atoms with Gasteiger partial charge in [-0.05, 0) is 30.7 Å². The van der Waals surface area contributed by atoms with E-state index in [0.717, 1.165) is 6.07 Å². The Bertz CT molecular complexity index is 532. The lowest BCUT2D eigenvalue weighted by atomic mass is 10.0. The Morgan fingerprint density at radius 2 is 2.00 bits per heavy atom. The summed E-state index contributed by atoms with van der Waals surface area (Å²) in [6.45, 7) is 1.49. The third-order valence-electron chi connectivity index (χ3n) is 2.35. The van der Waals surface area contributed by atoms with Gasteiger partial charge in [-0.3, -0.25) is 4.79 Å². The molecule has 0 saturated carbocycles. The van der Waals surface area contributed by atoms with E-state index in [0.29, 0.717) is 0 Å². The van der Waals surface area contributed by atoms with Crippen LogP contribution in [0.4, 0.5) is 8.78 Å². The maximum absolute atomic E-state index is 13.6. The zero-order valence-electron chi connectivity index (χ0n) is 8.55. The number of rotatable bonds is 2. The van der Waals surface area contributed by atoms with Gasteiger partial charge in [0.25, 0.3) is 0 Å². The molecule has 0 unspecified atom stereocenters. The SMILES string of the molecule is Cc1ccc(F)c(C(=O)c2ccc[nH]2)c1F. The number of aromatic nitrogens is 1. The smallest absolute Gasteiger partial charge is 0.215 e. The molecular weight excluding hydrogens is 212 g/mol. The molecule has 0 amide bonds. The van der Waals surface area contributed by atoms with Crippen molar-refractivity contribution >= 4 is 5.78 Å². The lowest BCUT2D eigenvalue weighted by Crippen LogP contribution is -2.09. The first kappa shape index (κ1) is 10.5. The second-order valence-electron chi connectivity index (χ2n) is 3.47. The van der Waals surface area contributed by atoms with E-state index in [1.165, 1.54) is 25.3 Å². The highest BCUT2D eigenvalue weighted by Crippen LogP contribution is 2.19. The molecule has 2 nitrogen and oxygen atoms in total. The summed E-state index contributed by atoms with van der Waals surface area (Å²) in [5.74, 6) is -2.33. The molecule has 2 aromatic rings. The van der Waals surface area contributed by atoms with E-state index < -0.39 is 23.0 Å². The first-order valence-corrected chi connectivity index (χ1v) is 4.74. The van der Waals surface area contributed by atoms with Gasteiger partial charge >= 0.3 is 0 Å². The summed E-state index contributed by atoms with van der Waals surface area (Å²) in [6.07, 6.45) is 1.53. The van der Waals surface area contributed by atoms with Gasteiger partial charge in [0.2, 0.25) is 5.78 Å². The fourth-order valence-corrected chi connectivity index (χ4v) is 1.47. The van der Waals surface area contributed by atoms with E-state index in [-0.39, 0.29) is 11.3 Å². The molecule has 1 heterocycles. The number of hydrogen-bond donors (Lipinski definition) is 1. The molecule has 0 aliphatic rings. The van der Waals surface area contributed by atoms with E-state index in [1.54, 1.807) is 6.07 Å². The van der Waals surface area contributed by atoms with Gasteiger partial charge in [-0.25, -0.2) is 8.78 Å². The van der Waals surface area contributed by atoms with E-state index in [4.69, 9.17) is 0 Å². The Labute approximate surface area is 90.9 Å². The second kappa shape index (κ2) is 3.89. The number of aryl methyl sites for hydroxylation is 1. The van der Waals surface area contributed by atoms with Gasteiger partial charge in [-0.15, -0.1) is 0 Å². The minimum atomic E-state index is -0.845. The van der Waals surface area contributed by atoms with Crippen molar-refractivity contribution in [2.24, 2.45) is 0 Å². The number of benzene rings is 1. The number of halogens is 2. The van der Waals surface area contributed by atoms with Crippen LogP contribution >= 0.6 is 0 Å². The van der Waals surface area contributed by atoms with Crippen molar-refractivity contribution in [3.63, 3.8) is 0 Å². The molecule has 82 valence electrons. The predicted molar refractivity (Wildman–Crippen MR) is 55.3 cm³/mol. The van der Waals surface area contributed by atoms with Crippen LogP contribution in [0.1, 0.15) is 21.6 Å². The third kappa shape index (κ3) is 1.62. The van der Waals surface area contributed by atoms with Crippen molar-refractivity contribution in [1.29, 1.82) is 0 Å². The first-order chi connectivity index (χ1) is 7.61. The average Bonchev–Trinajstić information content (AvgIpc) is 2.77. The maximum atomic E-state index is 13.6. The van der Waals surface area contributed by atoms with Crippen molar-refractivity contribution in [3.8, 4) is 0 Å². The van der Waals surface area contributed by atoms with Crippen molar-refractivity contribution in [3.05, 3.63) is 58.9 Å². The second-order valence-corrected chi connectivity index (χ2v) is 3.47. The molecular formula is C12H9F2NO. The summed E-state index contributed by atoms with van der Waals surface area (Å²) in [7, 11) is 0. The van der Waals surface area contributed by atoms with Gasteiger partial charge in [0.15, 0.2) is 0 Å². The Balaban J connectivity index is 2.56. The van der Waals surface area contributed by atoms with Crippen LogP contribution in [0.5, 0.6) is 0 Å². The highest BCUT2D eigenvalue weighted by molar-refractivity contribution is 6.08. The van der Waals surface area contributed by atoms with Gasteiger partial charge in [0, 0.05) is 6.20 Å².